The van der Waals surface area contributed by atoms with Crippen molar-refractivity contribution in [1.29, 1.82) is 0 Å². The Hall–Kier alpha value is -0.640. The van der Waals surface area contributed by atoms with E-state index in [1.54, 1.807) is 6.92 Å². The highest BCUT2D eigenvalue weighted by Crippen LogP contribution is 2.31. The van der Waals surface area contributed by atoms with Gasteiger partial charge < -0.3 is 0 Å². The summed E-state index contributed by atoms with van der Waals surface area (Å²) in [4.78, 5) is 0.366. The maximum absolute atomic E-state index is 12.1. The molecule has 0 fully saturated rings. The quantitative estimate of drug-likeness (QED) is 0.599. The van der Waals surface area contributed by atoms with E-state index >= 15 is 0 Å². The van der Waals surface area contributed by atoms with Crippen LogP contribution in [0.2, 0.25) is 0 Å². The average Bonchev–Trinajstić information content (AvgIpc) is 1.92. The van der Waals surface area contributed by atoms with E-state index in [4.69, 9.17) is 0 Å². The van der Waals surface area contributed by atoms with E-state index in [1.165, 1.54) is 6.07 Å². The minimum atomic E-state index is -4.27. The lowest BCUT2D eigenvalue weighted by atomic mass is 10.1. The normalized spacial score (nSPS) is 11.8. The molecule has 0 saturated carbocycles. The summed E-state index contributed by atoms with van der Waals surface area (Å²) in [5.41, 5.74) is 0.0874. The third-order valence-electron chi connectivity index (χ3n) is 1.54. The number of thiol groups is 1. The molecule has 0 aliphatic heterocycles. The SMILES string of the molecule is Cc1ccc(C(F)(F)F)cc1S. The Morgan fingerprint density at radius 2 is 1.83 bits per heavy atom. The summed E-state index contributed by atoms with van der Waals surface area (Å²) in [5.74, 6) is 0. The zero-order chi connectivity index (χ0) is 9.35. The first-order valence-corrected chi connectivity index (χ1v) is 3.73. The van der Waals surface area contributed by atoms with Gasteiger partial charge in [-0.2, -0.15) is 13.2 Å². The summed E-state index contributed by atoms with van der Waals surface area (Å²) in [6.45, 7) is 1.71. The van der Waals surface area contributed by atoms with Crippen LogP contribution in [-0.2, 0) is 6.18 Å². The predicted octanol–water partition coefficient (Wildman–Crippen LogP) is 3.30. The summed E-state index contributed by atoms with van der Waals surface area (Å²) in [5, 5.41) is 0. The van der Waals surface area contributed by atoms with Crippen molar-refractivity contribution in [3.05, 3.63) is 29.3 Å². The van der Waals surface area contributed by atoms with Crippen molar-refractivity contribution in [2.45, 2.75) is 18.0 Å². The van der Waals surface area contributed by atoms with Crippen LogP contribution in [0.3, 0.4) is 0 Å². The van der Waals surface area contributed by atoms with Crippen LogP contribution in [0.15, 0.2) is 23.1 Å². The van der Waals surface area contributed by atoms with Gasteiger partial charge in [-0.15, -0.1) is 12.6 Å². The van der Waals surface area contributed by atoms with E-state index in [1.807, 2.05) is 0 Å². The molecular weight excluding hydrogens is 185 g/mol. The standard InChI is InChI=1S/C8H7F3S/c1-5-2-3-6(4-7(5)12)8(9,10)11/h2-4,12H,1H3. The van der Waals surface area contributed by atoms with Crippen molar-refractivity contribution >= 4 is 12.6 Å². The summed E-state index contributed by atoms with van der Waals surface area (Å²) >= 11 is 3.90. The van der Waals surface area contributed by atoms with Gasteiger partial charge in [0.1, 0.15) is 0 Å². The molecule has 0 bridgehead atoms. The van der Waals surface area contributed by atoms with Gasteiger partial charge in [-0.3, -0.25) is 0 Å². The van der Waals surface area contributed by atoms with Crippen LogP contribution in [0.4, 0.5) is 13.2 Å². The van der Waals surface area contributed by atoms with Gasteiger partial charge in [0.2, 0.25) is 0 Å². The van der Waals surface area contributed by atoms with Crippen molar-refractivity contribution in [2.24, 2.45) is 0 Å². The fourth-order valence-electron chi connectivity index (χ4n) is 0.786. The maximum atomic E-state index is 12.1. The number of rotatable bonds is 0. The average molecular weight is 192 g/mol. The van der Waals surface area contributed by atoms with E-state index in [9.17, 15) is 13.2 Å². The van der Waals surface area contributed by atoms with Crippen LogP contribution in [0.1, 0.15) is 11.1 Å². The lowest BCUT2D eigenvalue weighted by Crippen LogP contribution is -2.04. The van der Waals surface area contributed by atoms with Gasteiger partial charge in [0.05, 0.1) is 5.56 Å². The lowest BCUT2D eigenvalue weighted by molar-refractivity contribution is -0.137. The Kier molecular flexibility index (Phi) is 2.37. The smallest absolute Gasteiger partial charge is 0.166 e. The number of benzene rings is 1. The van der Waals surface area contributed by atoms with Gasteiger partial charge in [0, 0.05) is 4.90 Å². The van der Waals surface area contributed by atoms with Gasteiger partial charge in [0.15, 0.2) is 0 Å². The Morgan fingerprint density at radius 3 is 2.25 bits per heavy atom. The Morgan fingerprint density at radius 1 is 1.25 bits per heavy atom. The predicted molar refractivity (Wildman–Crippen MR) is 43.4 cm³/mol. The van der Waals surface area contributed by atoms with Crippen LogP contribution < -0.4 is 0 Å². The minimum absolute atomic E-state index is 0.366. The van der Waals surface area contributed by atoms with Crippen molar-refractivity contribution < 1.29 is 13.2 Å². The molecular formula is C8H7F3S. The zero-order valence-electron chi connectivity index (χ0n) is 6.31. The number of alkyl halides is 3. The fourth-order valence-corrected chi connectivity index (χ4v) is 0.999. The molecule has 0 aliphatic rings. The van der Waals surface area contributed by atoms with Crippen LogP contribution in [0.5, 0.6) is 0 Å². The molecule has 0 aliphatic carbocycles. The summed E-state index contributed by atoms with van der Waals surface area (Å²) in [6, 6.07) is 3.48. The Balaban J connectivity index is 3.14. The number of halogens is 3. The molecule has 4 heteroatoms. The number of hydrogen-bond acceptors (Lipinski definition) is 1. The zero-order valence-corrected chi connectivity index (χ0v) is 7.21. The van der Waals surface area contributed by atoms with E-state index in [0.717, 1.165) is 17.7 Å². The molecule has 0 heterocycles. The van der Waals surface area contributed by atoms with Crippen LogP contribution in [0.25, 0.3) is 0 Å². The molecule has 0 nitrogen and oxygen atoms in total. The fraction of sp³-hybridized carbons (Fsp3) is 0.250. The Bertz CT molecular complexity index is 291. The molecule has 0 atom stereocenters. The monoisotopic (exact) mass is 192 g/mol. The second kappa shape index (κ2) is 3.01. The van der Waals surface area contributed by atoms with Crippen LogP contribution in [0, 0.1) is 6.92 Å². The topological polar surface area (TPSA) is 0 Å². The maximum Gasteiger partial charge on any atom is 0.416 e. The number of aryl methyl sites for hydroxylation is 1. The first-order chi connectivity index (χ1) is 5.41. The van der Waals surface area contributed by atoms with Gasteiger partial charge in [-0.25, -0.2) is 0 Å². The molecule has 0 amide bonds. The first kappa shape index (κ1) is 9.45. The molecule has 1 aromatic rings. The number of hydrogen-bond donors (Lipinski definition) is 1. The van der Waals surface area contributed by atoms with Crippen LogP contribution >= 0.6 is 12.6 Å². The second-order valence-electron chi connectivity index (χ2n) is 2.50. The van der Waals surface area contributed by atoms with E-state index in [2.05, 4.69) is 12.6 Å². The molecule has 0 spiro atoms. The molecule has 66 valence electrons. The molecule has 0 N–H and O–H groups in total. The van der Waals surface area contributed by atoms with Gasteiger partial charge in [0.25, 0.3) is 0 Å². The van der Waals surface area contributed by atoms with Crippen LogP contribution in [-0.4, -0.2) is 0 Å². The van der Waals surface area contributed by atoms with E-state index in [0.29, 0.717) is 4.90 Å². The highest BCUT2D eigenvalue weighted by atomic mass is 32.1. The largest absolute Gasteiger partial charge is 0.416 e. The van der Waals surface area contributed by atoms with E-state index < -0.39 is 11.7 Å². The van der Waals surface area contributed by atoms with E-state index in [-0.39, 0.29) is 0 Å². The summed E-state index contributed by atoms with van der Waals surface area (Å²) in [7, 11) is 0. The van der Waals surface area contributed by atoms with Gasteiger partial charge in [-0.05, 0) is 24.6 Å². The third kappa shape index (κ3) is 1.94. The Labute approximate surface area is 73.8 Å². The summed E-state index contributed by atoms with van der Waals surface area (Å²) in [6.07, 6.45) is -4.27. The van der Waals surface area contributed by atoms with Crippen molar-refractivity contribution in [3.8, 4) is 0 Å². The van der Waals surface area contributed by atoms with Crippen molar-refractivity contribution in [2.75, 3.05) is 0 Å². The first-order valence-electron chi connectivity index (χ1n) is 3.28. The van der Waals surface area contributed by atoms with Gasteiger partial charge in [-0.1, -0.05) is 6.07 Å². The molecule has 0 radical (unpaired) electrons. The third-order valence-corrected chi connectivity index (χ3v) is 2.02. The minimum Gasteiger partial charge on any atom is -0.166 e. The van der Waals surface area contributed by atoms with Gasteiger partial charge >= 0.3 is 6.18 Å². The highest BCUT2D eigenvalue weighted by molar-refractivity contribution is 7.80. The molecule has 0 saturated heterocycles. The molecule has 0 unspecified atom stereocenters. The lowest BCUT2D eigenvalue weighted by Gasteiger charge is -2.07. The highest BCUT2D eigenvalue weighted by Gasteiger charge is 2.30. The van der Waals surface area contributed by atoms with Crippen molar-refractivity contribution in [3.63, 3.8) is 0 Å². The second-order valence-corrected chi connectivity index (χ2v) is 2.98. The molecule has 1 aromatic carbocycles. The van der Waals surface area contributed by atoms with Crippen molar-refractivity contribution in [1.82, 2.24) is 0 Å². The summed E-state index contributed by atoms with van der Waals surface area (Å²) < 4.78 is 36.2. The molecule has 1 rings (SSSR count). The molecule has 0 aromatic heterocycles. The molecule has 12 heavy (non-hydrogen) atoms.